The number of hydrogen-bond donors (Lipinski definition) is 2. The van der Waals surface area contributed by atoms with Crippen molar-refractivity contribution in [3.05, 3.63) is 27.1 Å². The van der Waals surface area contributed by atoms with E-state index in [0.717, 1.165) is 17.4 Å². The molecule has 0 saturated carbocycles. The third-order valence-electron chi connectivity index (χ3n) is 2.48. The number of carbonyl (C=O) groups is 1. The second kappa shape index (κ2) is 6.64. The molecule has 0 spiro atoms. The number of sulfonamides is 1. The molecular weight excluding hydrogens is 384 g/mol. The minimum atomic E-state index is -3.74. The number of thiophene rings is 1. The van der Waals surface area contributed by atoms with Gasteiger partial charge in [0.05, 0.1) is 9.98 Å². The van der Waals surface area contributed by atoms with E-state index in [2.05, 4.69) is 31.0 Å². The van der Waals surface area contributed by atoms with E-state index in [9.17, 15) is 13.2 Å². The van der Waals surface area contributed by atoms with Crippen molar-refractivity contribution in [1.29, 1.82) is 0 Å². The van der Waals surface area contributed by atoms with Crippen LogP contribution >= 0.6 is 27.3 Å². The van der Waals surface area contributed by atoms with Crippen molar-refractivity contribution in [2.75, 3.05) is 6.54 Å². The summed E-state index contributed by atoms with van der Waals surface area (Å²) in [5.41, 5.74) is 0. The maximum Gasteiger partial charge on any atom is 0.345 e. The molecule has 0 amide bonds. The Bertz CT molecular complexity index is 726. The number of halogens is 1. The van der Waals surface area contributed by atoms with Crippen molar-refractivity contribution in [3.63, 3.8) is 0 Å². The van der Waals surface area contributed by atoms with Gasteiger partial charge in [-0.05, 0) is 28.4 Å². The quantitative estimate of drug-likeness (QED) is 0.681. The molecule has 2 N–H and O–H groups in total. The first-order valence-corrected chi connectivity index (χ1v) is 8.86. The van der Waals surface area contributed by atoms with Gasteiger partial charge < -0.3 is 5.11 Å². The molecule has 0 aliphatic carbocycles. The van der Waals surface area contributed by atoms with Crippen LogP contribution in [-0.2, 0) is 16.6 Å². The first-order valence-electron chi connectivity index (χ1n) is 5.76. The molecule has 0 atom stereocenters. The summed E-state index contributed by atoms with van der Waals surface area (Å²) in [5, 5.41) is 16.3. The van der Waals surface area contributed by atoms with E-state index in [4.69, 9.17) is 5.11 Å². The number of carboxylic acids is 1. The number of aromatic carboxylic acids is 1. The zero-order chi connectivity index (χ0) is 15.5. The van der Waals surface area contributed by atoms with Crippen LogP contribution in [0.5, 0.6) is 0 Å². The van der Waals surface area contributed by atoms with Gasteiger partial charge in [-0.25, -0.2) is 17.9 Å². The van der Waals surface area contributed by atoms with E-state index in [1.807, 2.05) is 0 Å². The van der Waals surface area contributed by atoms with Gasteiger partial charge in [0.25, 0.3) is 0 Å². The van der Waals surface area contributed by atoms with E-state index in [1.165, 1.54) is 0 Å². The molecule has 2 rings (SSSR count). The van der Waals surface area contributed by atoms with Crippen molar-refractivity contribution >= 4 is 43.3 Å². The fourth-order valence-electron chi connectivity index (χ4n) is 1.52. The van der Waals surface area contributed by atoms with Gasteiger partial charge in [0, 0.05) is 19.3 Å². The van der Waals surface area contributed by atoms with Crippen LogP contribution in [-0.4, -0.2) is 41.0 Å². The van der Waals surface area contributed by atoms with Crippen molar-refractivity contribution in [1.82, 2.24) is 19.7 Å². The highest BCUT2D eigenvalue weighted by atomic mass is 79.9. The Morgan fingerprint density at radius 3 is 2.86 bits per heavy atom. The van der Waals surface area contributed by atoms with Crippen LogP contribution in [0.1, 0.15) is 16.1 Å². The maximum absolute atomic E-state index is 12.1. The summed E-state index contributed by atoms with van der Waals surface area (Å²) in [7, 11) is -3.74. The molecular formula is C10H11BrN4O4S2. The van der Waals surface area contributed by atoms with Crippen molar-refractivity contribution in [2.45, 2.75) is 17.9 Å². The van der Waals surface area contributed by atoms with Gasteiger partial charge in [-0.3, -0.25) is 4.68 Å². The number of aryl methyl sites for hydroxylation is 1. The topological polar surface area (TPSA) is 114 Å². The largest absolute Gasteiger partial charge is 0.477 e. The first-order chi connectivity index (χ1) is 9.90. The normalized spacial score (nSPS) is 11.7. The van der Waals surface area contributed by atoms with Gasteiger partial charge in [-0.15, -0.1) is 16.4 Å². The average molecular weight is 395 g/mol. The van der Waals surface area contributed by atoms with Crippen LogP contribution in [0.3, 0.4) is 0 Å². The minimum Gasteiger partial charge on any atom is -0.477 e. The lowest BCUT2D eigenvalue weighted by atomic mass is 10.4. The van der Waals surface area contributed by atoms with E-state index in [-0.39, 0.29) is 20.1 Å². The molecule has 114 valence electrons. The number of rotatable bonds is 7. The van der Waals surface area contributed by atoms with Crippen LogP contribution in [0.25, 0.3) is 0 Å². The van der Waals surface area contributed by atoms with Gasteiger partial charge in [-0.2, -0.15) is 0 Å². The standard InChI is InChI=1S/C10H11BrN4O4S2/c11-9-8(6-7(20-9)10(16)17)21(18,19)13-2-1-4-15-5-3-12-14-15/h3,5-6,13H,1-2,4H2,(H,16,17). The third-order valence-corrected chi connectivity index (χ3v) is 6.18. The molecule has 0 aliphatic heterocycles. The monoisotopic (exact) mass is 394 g/mol. The van der Waals surface area contributed by atoms with Gasteiger partial charge >= 0.3 is 5.97 Å². The highest BCUT2D eigenvalue weighted by Crippen LogP contribution is 2.31. The molecule has 0 fully saturated rings. The molecule has 21 heavy (non-hydrogen) atoms. The molecule has 0 aromatic carbocycles. The number of carboxylic acid groups (broad SMARTS) is 1. The second-order valence-corrected chi connectivity index (χ2v) is 8.08. The Labute approximate surface area is 133 Å². The predicted molar refractivity (Wildman–Crippen MR) is 78.8 cm³/mol. The number of hydrogen-bond acceptors (Lipinski definition) is 6. The zero-order valence-electron chi connectivity index (χ0n) is 10.6. The van der Waals surface area contributed by atoms with E-state index < -0.39 is 16.0 Å². The summed E-state index contributed by atoms with van der Waals surface area (Å²) in [6.07, 6.45) is 3.76. The highest BCUT2D eigenvalue weighted by Gasteiger charge is 2.22. The van der Waals surface area contributed by atoms with Gasteiger partial charge in [0.1, 0.15) is 9.77 Å². The van der Waals surface area contributed by atoms with Gasteiger partial charge in [-0.1, -0.05) is 5.21 Å². The summed E-state index contributed by atoms with van der Waals surface area (Å²) < 4.78 is 28.5. The molecule has 0 saturated heterocycles. The minimum absolute atomic E-state index is 0.0372. The lowest BCUT2D eigenvalue weighted by Gasteiger charge is -2.05. The van der Waals surface area contributed by atoms with E-state index in [0.29, 0.717) is 13.0 Å². The Morgan fingerprint density at radius 1 is 1.52 bits per heavy atom. The fourth-order valence-corrected chi connectivity index (χ4v) is 4.99. The third kappa shape index (κ3) is 4.09. The summed E-state index contributed by atoms with van der Waals surface area (Å²) in [4.78, 5) is 10.7. The first kappa shape index (κ1) is 16.1. The lowest BCUT2D eigenvalue weighted by molar-refractivity contribution is 0.0702. The summed E-state index contributed by atoms with van der Waals surface area (Å²) in [5.74, 6) is -1.16. The lowest BCUT2D eigenvalue weighted by Crippen LogP contribution is -2.25. The zero-order valence-corrected chi connectivity index (χ0v) is 13.8. The van der Waals surface area contributed by atoms with E-state index in [1.54, 1.807) is 17.1 Å². The highest BCUT2D eigenvalue weighted by molar-refractivity contribution is 9.11. The smallest absolute Gasteiger partial charge is 0.345 e. The molecule has 8 nitrogen and oxygen atoms in total. The van der Waals surface area contributed by atoms with Gasteiger partial charge in [0.15, 0.2) is 0 Å². The molecule has 11 heteroatoms. The summed E-state index contributed by atoms with van der Waals surface area (Å²) in [6, 6.07) is 1.14. The Hall–Kier alpha value is -1.30. The SMILES string of the molecule is O=C(O)c1cc(S(=O)(=O)NCCCn2ccnn2)c(Br)s1. The van der Waals surface area contributed by atoms with Crippen LogP contribution in [0, 0.1) is 0 Å². The molecule has 2 aromatic rings. The Balaban J connectivity index is 1.96. The van der Waals surface area contributed by atoms with Crippen LogP contribution in [0.15, 0.2) is 27.1 Å². The molecule has 0 aliphatic rings. The van der Waals surface area contributed by atoms with Crippen LogP contribution < -0.4 is 4.72 Å². The summed E-state index contributed by atoms with van der Waals surface area (Å²) >= 11 is 3.94. The molecule has 0 radical (unpaired) electrons. The van der Waals surface area contributed by atoms with Crippen molar-refractivity contribution in [3.8, 4) is 0 Å². The Morgan fingerprint density at radius 2 is 2.29 bits per heavy atom. The molecule has 2 aromatic heterocycles. The number of aromatic nitrogens is 3. The second-order valence-electron chi connectivity index (χ2n) is 3.97. The van der Waals surface area contributed by atoms with Crippen molar-refractivity contribution in [2.24, 2.45) is 0 Å². The average Bonchev–Trinajstić information content (AvgIpc) is 3.04. The molecule has 0 unspecified atom stereocenters. The summed E-state index contributed by atoms with van der Waals surface area (Å²) in [6.45, 7) is 0.751. The number of nitrogens with one attached hydrogen (secondary N) is 1. The fraction of sp³-hybridized carbons (Fsp3) is 0.300. The predicted octanol–water partition coefficient (Wildman–Crippen LogP) is 1.17. The van der Waals surface area contributed by atoms with E-state index >= 15 is 0 Å². The Kier molecular flexibility index (Phi) is 5.08. The number of nitrogens with zero attached hydrogens (tertiary/aromatic N) is 3. The molecule has 2 heterocycles. The molecule has 0 bridgehead atoms. The van der Waals surface area contributed by atoms with Gasteiger partial charge in [0.2, 0.25) is 10.0 Å². The van der Waals surface area contributed by atoms with Crippen LogP contribution in [0.4, 0.5) is 0 Å². The van der Waals surface area contributed by atoms with Crippen LogP contribution in [0.2, 0.25) is 0 Å². The maximum atomic E-state index is 12.1. The van der Waals surface area contributed by atoms with Crippen molar-refractivity contribution < 1.29 is 18.3 Å².